The van der Waals surface area contributed by atoms with Crippen molar-refractivity contribution >= 4 is 16.7 Å². The number of carbonyl (C=O) groups excluding carboxylic acids is 1. The normalized spacial score (nSPS) is 16.6. The molecule has 3 rings (SSSR count). The number of hydrogen-bond acceptors (Lipinski definition) is 2. The van der Waals surface area contributed by atoms with Crippen molar-refractivity contribution < 1.29 is 9.53 Å². The zero-order valence-electron chi connectivity index (χ0n) is 12.0. The van der Waals surface area contributed by atoms with Crippen LogP contribution < -0.4 is 0 Å². The van der Waals surface area contributed by atoms with Crippen molar-refractivity contribution in [2.75, 3.05) is 13.2 Å². The molecule has 0 unspecified atom stereocenters. The highest BCUT2D eigenvalue weighted by Gasteiger charge is 2.16. The number of para-hydroxylation sites is 1. The van der Waals surface area contributed by atoms with Crippen LogP contribution in [0.5, 0.6) is 0 Å². The molecule has 0 radical (unpaired) electrons. The van der Waals surface area contributed by atoms with Crippen molar-refractivity contribution in [1.82, 2.24) is 4.57 Å². The van der Waals surface area contributed by atoms with Crippen molar-refractivity contribution in [3.05, 3.63) is 36.0 Å². The molecule has 0 N–H and O–H groups in total. The summed E-state index contributed by atoms with van der Waals surface area (Å²) >= 11 is 0. The number of ketones is 1. The molecule has 2 heterocycles. The van der Waals surface area contributed by atoms with Crippen molar-refractivity contribution in [1.29, 1.82) is 0 Å². The monoisotopic (exact) mass is 271 g/mol. The quantitative estimate of drug-likeness (QED) is 0.855. The molecule has 3 heteroatoms. The first kappa shape index (κ1) is 13.4. The van der Waals surface area contributed by atoms with E-state index in [1.807, 2.05) is 6.07 Å². The third-order valence-corrected chi connectivity index (χ3v) is 4.11. The topological polar surface area (TPSA) is 31.2 Å². The molecule has 0 aliphatic carbocycles. The summed E-state index contributed by atoms with van der Waals surface area (Å²) in [7, 11) is 0. The van der Waals surface area contributed by atoms with Gasteiger partial charge in [0.1, 0.15) is 5.78 Å². The Morgan fingerprint density at radius 3 is 2.80 bits per heavy atom. The van der Waals surface area contributed by atoms with E-state index in [9.17, 15) is 4.79 Å². The van der Waals surface area contributed by atoms with Gasteiger partial charge >= 0.3 is 0 Å². The summed E-state index contributed by atoms with van der Waals surface area (Å²) in [5.74, 6) is 0.906. The average molecular weight is 271 g/mol. The first-order valence-electron chi connectivity index (χ1n) is 7.38. The molecule has 1 aliphatic rings. The van der Waals surface area contributed by atoms with E-state index in [1.54, 1.807) is 6.92 Å². The van der Waals surface area contributed by atoms with Gasteiger partial charge in [-0.25, -0.2) is 0 Å². The van der Waals surface area contributed by atoms with Gasteiger partial charge in [0, 0.05) is 43.3 Å². The lowest BCUT2D eigenvalue weighted by Crippen LogP contribution is -2.20. The smallest absolute Gasteiger partial charge is 0.134 e. The maximum Gasteiger partial charge on any atom is 0.134 e. The molecule has 20 heavy (non-hydrogen) atoms. The van der Waals surface area contributed by atoms with Gasteiger partial charge in [-0.2, -0.15) is 0 Å². The summed E-state index contributed by atoms with van der Waals surface area (Å²) < 4.78 is 7.75. The van der Waals surface area contributed by atoms with Crippen LogP contribution in [0, 0.1) is 5.92 Å². The number of nitrogens with zero attached hydrogens (tertiary/aromatic N) is 1. The van der Waals surface area contributed by atoms with Crippen LogP contribution in [-0.4, -0.2) is 23.6 Å². The molecule has 1 aromatic heterocycles. The van der Waals surface area contributed by atoms with Gasteiger partial charge in [0.05, 0.1) is 0 Å². The van der Waals surface area contributed by atoms with E-state index in [0.717, 1.165) is 38.2 Å². The van der Waals surface area contributed by atoms with Crippen LogP contribution in [0.3, 0.4) is 0 Å². The van der Waals surface area contributed by atoms with Crippen LogP contribution in [-0.2, 0) is 22.5 Å². The third-order valence-electron chi connectivity index (χ3n) is 4.11. The lowest BCUT2D eigenvalue weighted by atomic mass is 10.0. The molecule has 1 saturated heterocycles. The van der Waals surface area contributed by atoms with Gasteiger partial charge in [0.15, 0.2) is 0 Å². The van der Waals surface area contributed by atoms with Crippen LogP contribution in [0.25, 0.3) is 10.9 Å². The van der Waals surface area contributed by atoms with Crippen molar-refractivity contribution in [3.63, 3.8) is 0 Å². The molecular formula is C17H21NO2. The minimum absolute atomic E-state index is 0.221. The summed E-state index contributed by atoms with van der Waals surface area (Å²) in [6.45, 7) is 4.45. The Morgan fingerprint density at radius 1 is 1.30 bits per heavy atom. The zero-order valence-corrected chi connectivity index (χ0v) is 12.0. The highest BCUT2D eigenvalue weighted by atomic mass is 16.5. The van der Waals surface area contributed by atoms with E-state index in [4.69, 9.17) is 4.74 Å². The van der Waals surface area contributed by atoms with E-state index in [0.29, 0.717) is 12.3 Å². The van der Waals surface area contributed by atoms with E-state index in [1.165, 1.54) is 10.9 Å². The maximum atomic E-state index is 11.4. The minimum atomic E-state index is 0.221. The molecule has 0 saturated carbocycles. The summed E-state index contributed by atoms with van der Waals surface area (Å²) in [5, 5.41) is 1.22. The number of aromatic nitrogens is 1. The Bertz CT molecular complexity index is 608. The first-order valence-corrected chi connectivity index (χ1v) is 7.38. The number of carbonyl (C=O) groups is 1. The zero-order chi connectivity index (χ0) is 13.9. The van der Waals surface area contributed by atoms with Gasteiger partial charge in [0.25, 0.3) is 0 Å². The van der Waals surface area contributed by atoms with Gasteiger partial charge in [-0.3, -0.25) is 4.79 Å². The van der Waals surface area contributed by atoms with Crippen molar-refractivity contribution in [2.45, 2.75) is 32.7 Å². The fourth-order valence-electron chi connectivity index (χ4n) is 3.09. The summed E-state index contributed by atoms with van der Waals surface area (Å²) in [5.41, 5.74) is 2.40. The second-order valence-corrected chi connectivity index (χ2v) is 5.76. The minimum Gasteiger partial charge on any atom is -0.381 e. The number of hydrogen-bond donors (Lipinski definition) is 0. The first-order chi connectivity index (χ1) is 9.74. The molecule has 106 valence electrons. The number of ether oxygens (including phenoxy) is 1. The Balaban J connectivity index is 1.91. The molecule has 2 aromatic rings. The second kappa shape index (κ2) is 5.80. The third kappa shape index (κ3) is 2.78. The van der Waals surface area contributed by atoms with Crippen LogP contribution in [0.4, 0.5) is 0 Å². The fraction of sp³-hybridized carbons (Fsp3) is 0.471. The standard InChI is InChI=1S/C17H21NO2/c1-13(19)10-15-12-18(11-14-6-8-20-9-7-14)17-5-3-2-4-16(15)17/h2-5,12,14H,6-11H2,1H3. The molecule has 0 atom stereocenters. The number of rotatable bonds is 4. The SMILES string of the molecule is CC(=O)Cc1cn(CC2CCOCC2)c2ccccc12. The van der Waals surface area contributed by atoms with E-state index < -0.39 is 0 Å². The Labute approximate surface area is 119 Å². The highest BCUT2D eigenvalue weighted by Crippen LogP contribution is 2.25. The molecule has 3 nitrogen and oxygen atoms in total. The van der Waals surface area contributed by atoms with Gasteiger partial charge < -0.3 is 9.30 Å². The average Bonchev–Trinajstić information content (AvgIpc) is 2.78. The molecule has 1 aliphatic heterocycles. The van der Waals surface area contributed by atoms with Crippen molar-refractivity contribution in [2.24, 2.45) is 5.92 Å². The van der Waals surface area contributed by atoms with Crippen LogP contribution in [0.1, 0.15) is 25.3 Å². The number of fused-ring (bicyclic) bond motifs is 1. The predicted octanol–water partition coefficient (Wildman–Crippen LogP) is 3.20. The molecule has 1 fully saturated rings. The summed E-state index contributed by atoms with van der Waals surface area (Å²) in [6.07, 6.45) is 4.96. The van der Waals surface area contributed by atoms with Gasteiger partial charge in [0.2, 0.25) is 0 Å². The fourth-order valence-corrected chi connectivity index (χ4v) is 3.09. The molecule has 1 aromatic carbocycles. The van der Waals surface area contributed by atoms with Crippen LogP contribution >= 0.6 is 0 Å². The van der Waals surface area contributed by atoms with E-state index >= 15 is 0 Å². The van der Waals surface area contributed by atoms with Crippen LogP contribution in [0.15, 0.2) is 30.5 Å². The second-order valence-electron chi connectivity index (χ2n) is 5.76. The van der Waals surface area contributed by atoms with E-state index in [-0.39, 0.29) is 5.78 Å². The predicted molar refractivity (Wildman–Crippen MR) is 79.9 cm³/mol. The number of benzene rings is 1. The summed E-state index contributed by atoms with van der Waals surface area (Å²) in [6, 6.07) is 8.39. The van der Waals surface area contributed by atoms with Crippen LogP contribution in [0.2, 0.25) is 0 Å². The lowest BCUT2D eigenvalue weighted by molar-refractivity contribution is -0.116. The highest BCUT2D eigenvalue weighted by molar-refractivity contribution is 5.89. The maximum absolute atomic E-state index is 11.4. The lowest BCUT2D eigenvalue weighted by Gasteiger charge is -2.22. The Hall–Kier alpha value is -1.61. The van der Waals surface area contributed by atoms with Gasteiger partial charge in [-0.05, 0) is 37.3 Å². The molecular weight excluding hydrogens is 250 g/mol. The molecule has 0 spiro atoms. The Morgan fingerprint density at radius 2 is 2.05 bits per heavy atom. The van der Waals surface area contributed by atoms with Crippen molar-refractivity contribution in [3.8, 4) is 0 Å². The summed E-state index contributed by atoms with van der Waals surface area (Å²) in [4.78, 5) is 11.4. The van der Waals surface area contributed by atoms with Gasteiger partial charge in [-0.1, -0.05) is 18.2 Å². The largest absolute Gasteiger partial charge is 0.381 e. The Kier molecular flexibility index (Phi) is 3.88. The molecule has 0 bridgehead atoms. The van der Waals surface area contributed by atoms with E-state index in [2.05, 4.69) is 29.0 Å². The number of Topliss-reactive ketones (excluding diaryl/α,β-unsaturated/α-hetero) is 1. The molecule has 0 amide bonds. The van der Waals surface area contributed by atoms with Gasteiger partial charge in [-0.15, -0.1) is 0 Å².